The van der Waals surface area contributed by atoms with E-state index in [1.165, 1.54) is 96.9 Å². The zero-order chi connectivity index (χ0) is 93.0. The molecule has 0 aliphatic heterocycles. The Labute approximate surface area is 869 Å². The normalized spacial score (nSPS) is 10.2. The summed E-state index contributed by atoms with van der Waals surface area (Å²) in [5.74, 6) is 0.422. The van der Waals surface area contributed by atoms with Crippen molar-refractivity contribution in [2.75, 3.05) is 0 Å². The van der Waals surface area contributed by atoms with Crippen LogP contribution in [0, 0.1) is 42.5 Å². The Balaban J connectivity index is 0.000000210. The summed E-state index contributed by atoms with van der Waals surface area (Å²) < 4.78 is 5.31. The van der Waals surface area contributed by atoms with Crippen molar-refractivity contribution in [3.63, 3.8) is 0 Å². The van der Waals surface area contributed by atoms with E-state index in [9.17, 15) is 14.4 Å². The van der Waals surface area contributed by atoms with Gasteiger partial charge in [0.25, 0.3) is 0 Å². The van der Waals surface area contributed by atoms with E-state index in [1.807, 2.05) is 243 Å². The van der Waals surface area contributed by atoms with Crippen molar-refractivity contribution in [2.24, 2.45) is 0 Å². The molecule has 0 unspecified atom stereocenters. The number of hydrogen-bond acceptors (Lipinski definition) is 18. The van der Waals surface area contributed by atoms with Crippen LogP contribution in [0.25, 0.3) is 144 Å². The van der Waals surface area contributed by atoms with Crippen molar-refractivity contribution in [2.45, 2.75) is 34.6 Å². The zero-order valence-corrected chi connectivity index (χ0v) is 87.0. The molecule has 10 aromatic heterocycles. The molecule has 0 amide bonds. The van der Waals surface area contributed by atoms with Gasteiger partial charge in [0, 0.05) is 191 Å². The molecule has 21 aromatic rings. The number of furan rings is 1. The Morgan fingerprint density at radius 3 is 1.09 bits per heavy atom. The average Bonchev–Trinajstić information content (AvgIpc) is 0.990. The van der Waals surface area contributed by atoms with E-state index in [0.29, 0.717) is 22.5 Å². The second-order valence-electron chi connectivity index (χ2n) is 28.8. The van der Waals surface area contributed by atoms with Gasteiger partial charge >= 0.3 is 0 Å². The summed E-state index contributed by atoms with van der Waals surface area (Å²) in [4.78, 5) is 78.1. The maximum atomic E-state index is 11.2. The number of carbonyl (C=O) groups excluding carboxylic acids is 3. The van der Waals surface area contributed by atoms with Crippen LogP contribution in [0.3, 0.4) is 0 Å². The first-order valence-corrected chi connectivity index (χ1v) is 42.0. The predicted molar refractivity (Wildman–Crippen MR) is 529 cm³/mol. The second-order valence-corrected chi connectivity index (χ2v) is 28.8. The minimum atomic E-state index is -0.171. The number of rotatable bonds is 11. The summed E-state index contributed by atoms with van der Waals surface area (Å²) >= 11 is 0. The fourth-order valence-electron chi connectivity index (χ4n) is 13.1. The molecule has 138 heavy (non-hydrogen) atoms. The van der Waals surface area contributed by atoms with E-state index in [1.54, 1.807) is 80.0 Å². The molecule has 5 radical (unpaired) electrons. The largest absolute Gasteiger partial charge is 0.545 e. The fraction of sp³-hybridized carbons (Fsp3) is 0.0435. The quantitative estimate of drug-likeness (QED) is 0.0470. The minimum Gasteiger partial charge on any atom is -0.545 e. The predicted octanol–water partition coefficient (Wildman–Crippen LogP) is 26.3. The monoisotopic (exact) mass is 2700 g/mol. The number of aromatic nitrogens is 11. The number of aliphatic hydroxyl groups excluding tert-OH is 3. The molecular formula is C115H88Ir5N11O7-7. The van der Waals surface area contributed by atoms with Gasteiger partial charge in [-0.25, -0.2) is 9.97 Å². The van der Waals surface area contributed by atoms with E-state index in [4.69, 9.17) is 19.7 Å². The molecule has 0 spiro atoms. The van der Waals surface area contributed by atoms with Gasteiger partial charge in [-0.2, -0.15) is 11.6 Å². The van der Waals surface area contributed by atoms with Crippen molar-refractivity contribution in [1.82, 2.24) is 54.8 Å². The molecule has 11 aromatic carbocycles. The Morgan fingerprint density at radius 1 is 0.290 bits per heavy atom. The molecule has 0 atom stereocenters. The number of nitrogens with zero attached hydrogens (tertiary/aromatic N) is 11. The standard InChI is InChI=1S/C19H12N.C15H10N.C14H9N2.C13H8NO.C12H7N4.2C11H8N.C10H10O2.2C5H8O2.5Ir/c1-2-7-16-13-17(10-9-14(16)5-1)19-18-8-4-3-6-15(18)11-12-20-19;1-2-7-13(8-3-1)15-14-9-5-4-6-12(14)10-11-16-15;1-2-4-13-11(3-1)7-10-16-14(13)12-5-8-15-9-6-12;1-2-5-11-10(4-1)7-8-14-13(11)12-6-3-9-15-12;1-2-4-9(5-3-1)10-11-12(16-8-15-10)14-7-6-13-11;2*1-2-6-10(7-3-1)11-8-4-5-9-12-11;1-8(11)7-10(12)9-5-3-2-4-6-9;2*1-4(6)3-5(2)7;;;;;/h1-9,11-13H;1-7,9-11H;1-5,7-10H;1-5,7-9H;1-4,6-8H;2*1-6,8-9H;2-7,11H,1H3;2*3,6H,1-2H3;;;;;/q7*-1;;;;;;;;. The van der Waals surface area contributed by atoms with Gasteiger partial charge in [0.2, 0.25) is 0 Å². The van der Waals surface area contributed by atoms with Gasteiger partial charge in [-0.05, 0) is 161 Å². The molecule has 18 nitrogen and oxygen atoms in total. The third-order valence-corrected chi connectivity index (χ3v) is 18.9. The third kappa shape index (κ3) is 34.6. The molecule has 23 heteroatoms. The number of hydrogen-bond donors (Lipinski definition) is 3. The van der Waals surface area contributed by atoms with E-state index in [2.05, 4.69) is 176 Å². The first-order valence-electron chi connectivity index (χ1n) is 42.0. The smallest absolute Gasteiger partial charge is 0.189 e. The number of carbonyl (C=O) groups is 3. The molecular weight excluding hydrogens is 2610 g/mol. The van der Waals surface area contributed by atoms with Crippen LogP contribution in [0.15, 0.2) is 448 Å². The van der Waals surface area contributed by atoms with Crippen LogP contribution in [-0.2, 0) is 110 Å². The van der Waals surface area contributed by atoms with Crippen LogP contribution in [0.2, 0.25) is 0 Å². The first-order chi connectivity index (χ1) is 65.1. The van der Waals surface area contributed by atoms with Crippen molar-refractivity contribution < 1.29 is 135 Å². The number of ketones is 3. The summed E-state index contributed by atoms with van der Waals surface area (Å²) in [5.41, 5.74) is 14.4. The van der Waals surface area contributed by atoms with Crippen LogP contribution in [0.1, 0.15) is 45.0 Å². The number of benzene rings is 11. The Hall–Kier alpha value is -14.7. The minimum absolute atomic E-state index is 0. The van der Waals surface area contributed by atoms with Gasteiger partial charge in [0.1, 0.15) is 6.33 Å². The number of pyridine rings is 7. The van der Waals surface area contributed by atoms with Crippen molar-refractivity contribution in [3.05, 3.63) is 492 Å². The van der Waals surface area contributed by atoms with Crippen LogP contribution >= 0.6 is 0 Å². The number of allylic oxidation sites excluding steroid dienone is 6. The van der Waals surface area contributed by atoms with Crippen LogP contribution < -0.4 is 0 Å². The van der Waals surface area contributed by atoms with E-state index < -0.39 is 0 Å². The SMILES string of the molecule is CC(=O)C=C(C)O.CC(=O)C=C(C)O.CC(O)=CC(=O)c1ccccc1.[Ir].[Ir].[Ir].[Ir].[Ir].[c-]1cc2ccccc2cc1-c1nccc2ccccc12.[c-]1ccccc1-c1ccccn1.[c-]1ccccc1-c1ccccn1.[c-]1ccccc1-c1nccc2ccccc12.[c-]1ccccc1-c1ncnc2nccnc12.[c-]1ccoc1-c1nccc2ccccc12.[c-]1cnccc1-c1nccc2ccccc12. The molecule has 0 saturated carbocycles. The van der Waals surface area contributed by atoms with Gasteiger partial charge in [0.15, 0.2) is 23.0 Å². The van der Waals surface area contributed by atoms with Crippen LogP contribution in [0.5, 0.6) is 0 Å². The molecule has 697 valence electrons. The first kappa shape index (κ1) is 110. The van der Waals surface area contributed by atoms with Gasteiger partial charge < -0.3 is 49.6 Å². The molecule has 0 aliphatic rings. The third-order valence-electron chi connectivity index (χ3n) is 18.9. The number of aliphatic hydroxyl groups is 3. The Morgan fingerprint density at radius 2 is 0.681 bits per heavy atom. The summed E-state index contributed by atoms with van der Waals surface area (Å²) in [6.07, 6.45) is 24.2. The Kier molecular flexibility index (Phi) is 47.9. The van der Waals surface area contributed by atoms with Crippen molar-refractivity contribution in [3.8, 4) is 79.0 Å². The van der Waals surface area contributed by atoms with Gasteiger partial charge in [-0.3, -0.25) is 29.3 Å². The molecule has 10 heterocycles. The average molecular weight is 2700 g/mol. The van der Waals surface area contributed by atoms with Crippen LogP contribution in [-0.4, -0.2) is 87.5 Å². The summed E-state index contributed by atoms with van der Waals surface area (Å²) in [6.45, 7) is 7.17. The molecule has 0 fully saturated rings. The number of fused-ring (bicyclic) bond motifs is 6. The summed E-state index contributed by atoms with van der Waals surface area (Å²) in [5, 5.41) is 37.3. The summed E-state index contributed by atoms with van der Waals surface area (Å²) in [6, 6.07) is 131. The topological polar surface area (TPSA) is 267 Å². The maximum Gasteiger partial charge on any atom is 0.189 e. The molecule has 3 N–H and O–H groups in total. The molecule has 0 saturated heterocycles. The van der Waals surface area contributed by atoms with E-state index >= 15 is 0 Å². The maximum absolute atomic E-state index is 11.2. The molecule has 21 rings (SSSR count). The van der Waals surface area contributed by atoms with E-state index in [0.717, 1.165) is 89.4 Å². The molecule has 0 aliphatic carbocycles. The van der Waals surface area contributed by atoms with Crippen molar-refractivity contribution >= 4 is 82.4 Å². The second kappa shape index (κ2) is 60.0. The van der Waals surface area contributed by atoms with Gasteiger partial charge in [0.05, 0.1) is 22.8 Å². The molecule has 0 bridgehead atoms. The fourth-order valence-corrected chi connectivity index (χ4v) is 13.1. The van der Waals surface area contributed by atoms with Gasteiger partial charge in [-0.1, -0.05) is 181 Å². The van der Waals surface area contributed by atoms with Crippen LogP contribution in [0.4, 0.5) is 0 Å². The summed E-state index contributed by atoms with van der Waals surface area (Å²) in [7, 11) is 0. The van der Waals surface area contributed by atoms with Crippen molar-refractivity contribution in [1.29, 1.82) is 0 Å². The Bertz CT molecular complexity index is 6880. The zero-order valence-electron chi connectivity index (χ0n) is 75.0. The van der Waals surface area contributed by atoms with E-state index in [-0.39, 0.29) is 135 Å². The van der Waals surface area contributed by atoms with Gasteiger partial charge in [-0.15, -0.1) is 191 Å².